The van der Waals surface area contributed by atoms with E-state index in [-0.39, 0.29) is 17.9 Å². The van der Waals surface area contributed by atoms with E-state index in [0.717, 1.165) is 6.07 Å². The number of hydrogen-bond donors (Lipinski definition) is 1. The van der Waals surface area contributed by atoms with Crippen molar-refractivity contribution in [3.8, 4) is 5.75 Å². The van der Waals surface area contributed by atoms with E-state index < -0.39 is 23.4 Å². The van der Waals surface area contributed by atoms with Crippen LogP contribution in [0.5, 0.6) is 5.75 Å². The van der Waals surface area contributed by atoms with Gasteiger partial charge < -0.3 is 14.8 Å². The Hall–Kier alpha value is -2.18. The number of rotatable bonds is 4. The van der Waals surface area contributed by atoms with E-state index in [1.54, 1.807) is 20.8 Å². The quantitative estimate of drug-likeness (QED) is 0.897. The number of benzene rings is 1. The largest absolute Gasteiger partial charge is 0.497 e. The molecule has 0 radical (unpaired) electrons. The third kappa shape index (κ3) is 6.63. The number of carbonyl (C=O) groups excluding carboxylic acids is 1. The number of nitrogens with one attached hydrogen (secondary N) is 1. The van der Waals surface area contributed by atoms with Crippen LogP contribution in [-0.2, 0) is 10.9 Å². The topological polar surface area (TPSA) is 47.6 Å². The minimum absolute atomic E-state index is 0.00992. The number of hydrogen-bond acceptors (Lipinski definition) is 3. The average molecular weight is 331 g/mol. The van der Waals surface area contributed by atoms with Gasteiger partial charge in [-0.3, -0.25) is 0 Å². The van der Waals surface area contributed by atoms with Crippen LogP contribution in [0.1, 0.15) is 31.9 Å². The highest BCUT2D eigenvalue weighted by Gasteiger charge is 2.33. The molecule has 1 N–H and O–H groups in total. The third-order valence-electron chi connectivity index (χ3n) is 2.63. The van der Waals surface area contributed by atoms with Gasteiger partial charge in [0.15, 0.2) is 0 Å². The zero-order valence-corrected chi connectivity index (χ0v) is 13.5. The molecule has 0 aliphatic carbocycles. The summed E-state index contributed by atoms with van der Waals surface area (Å²) < 4.78 is 48.9. The molecular formula is C16H20F3NO3. The summed E-state index contributed by atoms with van der Waals surface area (Å²) in [4.78, 5) is 11.4. The van der Waals surface area contributed by atoms with Crippen molar-refractivity contribution in [2.24, 2.45) is 0 Å². The van der Waals surface area contributed by atoms with Crippen molar-refractivity contribution < 1.29 is 27.4 Å². The molecule has 23 heavy (non-hydrogen) atoms. The molecule has 0 aliphatic rings. The molecular weight excluding hydrogens is 311 g/mol. The highest BCUT2D eigenvalue weighted by molar-refractivity contribution is 5.68. The van der Waals surface area contributed by atoms with Crippen LogP contribution in [0.3, 0.4) is 0 Å². The maximum atomic E-state index is 13.0. The Kier molecular flexibility index (Phi) is 6.06. The van der Waals surface area contributed by atoms with Crippen LogP contribution < -0.4 is 10.1 Å². The second-order valence-electron chi connectivity index (χ2n) is 5.74. The van der Waals surface area contributed by atoms with E-state index in [2.05, 4.69) is 5.32 Å². The highest BCUT2D eigenvalue weighted by atomic mass is 19.4. The predicted octanol–water partition coefficient (Wildman–Crippen LogP) is 4.25. The van der Waals surface area contributed by atoms with Gasteiger partial charge in [-0.25, -0.2) is 4.79 Å². The first-order valence-electron chi connectivity index (χ1n) is 6.91. The number of alkyl carbamates (subject to hydrolysis) is 1. The minimum atomic E-state index is -4.49. The number of alkyl halides is 3. The summed E-state index contributed by atoms with van der Waals surface area (Å²) in [5, 5.41) is 2.44. The van der Waals surface area contributed by atoms with E-state index in [0.29, 0.717) is 0 Å². The normalized spacial score (nSPS) is 12.3. The molecule has 7 heteroatoms. The van der Waals surface area contributed by atoms with Crippen LogP contribution >= 0.6 is 0 Å². The van der Waals surface area contributed by atoms with Gasteiger partial charge in [-0.2, -0.15) is 13.2 Å². The molecule has 1 aromatic rings. The second-order valence-corrected chi connectivity index (χ2v) is 5.74. The Morgan fingerprint density at radius 3 is 2.43 bits per heavy atom. The molecule has 1 rings (SSSR count). The molecule has 0 saturated heterocycles. The summed E-state index contributed by atoms with van der Waals surface area (Å²) in [5.41, 5.74) is -1.44. The van der Waals surface area contributed by atoms with E-state index in [1.165, 1.54) is 31.4 Å². The van der Waals surface area contributed by atoms with E-state index >= 15 is 0 Å². The monoisotopic (exact) mass is 331 g/mol. The van der Waals surface area contributed by atoms with Crippen LogP contribution in [-0.4, -0.2) is 25.3 Å². The lowest BCUT2D eigenvalue weighted by Gasteiger charge is -2.19. The minimum Gasteiger partial charge on any atom is -0.497 e. The molecule has 1 aromatic carbocycles. The summed E-state index contributed by atoms with van der Waals surface area (Å²) in [6.07, 6.45) is -2.42. The summed E-state index contributed by atoms with van der Waals surface area (Å²) in [7, 11) is 1.30. The molecule has 0 unspecified atom stereocenters. The van der Waals surface area contributed by atoms with E-state index in [1.807, 2.05) is 0 Å². The van der Waals surface area contributed by atoms with Gasteiger partial charge in [-0.1, -0.05) is 18.2 Å². The van der Waals surface area contributed by atoms with Crippen molar-refractivity contribution in [1.82, 2.24) is 5.32 Å². The molecule has 0 spiro atoms. The van der Waals surface area contributed by atoms with Crippen LogP contribution in [0.25, 0.3) is 6.08 Å². The van der Waals surface area contributed by atoms with Crippen molar-refractivity contribution in [2.75, 3.05) is 13.7 Å². The lowest BCUT2D eigenvalue weighted by Crippen LogP contribution is -2.32. The molecule has 0 atom stereocenters. The van der Waals surface area contributed by atoms with Crippen molar-refractivity contribution in [1.29, 1.82) is 0 Å². The van der Waals surface area contributed by atoms with Crippen molar-refractivity contribution in [2.45, 2.75) is 32.5 Å². The molecule has 1 amide bonds. The van der Waals surface area contributed by atoms with Crippen LogP contribution in [0.15, 0.2) is 24.3 Å². The zero-order chi connectivity index (χ0) is 17.7. The smallest absolute Gasteiger partial charge is 0.417 e. The fourth-order valence-electron chi connectivity index (χ4n) is 1.70. The lowest BCUT2D eigenvalue weighted by atomic mass is 10.1. The van der Waals surface area contributed by atoms with Crippen molar-refractivity contribution in [3.05, 3.63) is 35.4 Å². The highest BCUT2D eigenvalue weighted by Crippen LogP contribution is 2.34. The number of halogens is 3. The van der Waals surface area contributed by atoms with Crippen LogP contribution in [0, 0.1) is 0 Å². The molecule has 0 aromatic heterocycles. The molecule has 0 heterocycles. The Balaban J connectivity index is 2.75. The standard InChI is InChI=1S/C16H20F3NO3/c1-15(2,3)23-14(21)20-9-5-6-11-7-8-12(22-4)10-13(11)16(17,18)19/h5-8,10H,9H2,1-4H3,(H,20,21). The molecule has 0 aliphatic heterocycles. The maximum Gasteiger partial charge on any atom is 0.417 e. The average Bonchev–Trinajstić information content (AvgIpc) is 2.40. The van der Waals surface area contributed by atoms with Gasteiger partial charge in [0.25, 0.3) is 0 Å². The zero-order valence-electron chi connectivity index (χ0n) is 13.5. The lowest BCUT2D eigenvalue weighted by molar-refractivity contribution is -0.137. The maximum absolute atomic E-state index is 13.0. The second kappa shape index (κ2) is 7.39. The van der Waals surface area contributed by atoms with Gasteiger partial charge in [0.05, 0.1) is 12.7 Å². The van der Waals surface area contributed by atoms with Gasteiger partial charge in [-0.15, -0.1) is 0 Å². The van der Waals surface area contributed by atoms with Gasteiger partial charge in [-0.05, 0) is 38.5 Å². The predicted molar refractivity (Wildman–Crippen MR) is 81.3 cm³/mol. The Labute approximate surface area is 133 Å². The van der Waals surface area contributed by atoms with Gasteiger partial charge >= 0.3 is 12.3 Å². The number of methoxy groups -OCH3 is 1. The first-order chi connectivity index (χ1) is 10.5. The molecule has 4 nitrogen and oxygen atoms in total. The molecule has 128 valence electrons. The number of amides is 1. The molecule has 0 fully saturated rings. The fraction of sp³-hybridized carbons (Fsp3) is 0.438. The number of carbonyl (C=O) groups is 1. The molecule has 0 bridgehead atoms. The van der Waals surface area contributed by atoms with Crippen molar-refractivity contribution in [3.63, 3.8) is 0 Å². The van der Waals surface area contributed by atoms with Crippen LogP contribution in [0.2, 0.25) is 0 Å². The summed E-state index contributed by atoms with van der Waals surface area (Å²) >= 11 is 0. The Morgan fingerprint density at radius 2 is 1.91 bits per heavy atom. The first-order valence-corrected chi connectivity index (χ1v) is 6.91. The summed E-state index contributed by atoms with van der Waals surface area (Å²) in [6.45, 7) is 5.21. The summed E-state index contributed by atoms with van der Waals surface area (Å²) in [6, 6.07) is 3.68. The van der Waals surface area contributed by atoms with Gasteiger partial charge in [0, 0.05) is 6.54 Å². The van der Waals surface area contributed by atoms with Crippen LogP contribution in [0.4, 0.5) is 18.0 Å². The van der Waals surface area contributed by atoms with Gasteiger partial charge in [0.2, 0.25) is 0 Å². The van der Waals surface area contributed by atoms with Gasteiger partial charge in [0.1, 0.15) is 11.4 Å². The molecule has 0 saturated carbocycles. The SMILES string of the molecule is COc1ccc(C=CCNC(=O)OC(C)(C)C)c(C(F)(F)F)c1. The Morgan fingerprint density at radius 1 is 1.26 bits per heavy atom. The third-order valence-corrected chi connectivity index (χ3v) is 2.63. The summed E-state index contributed by atoms with van der Waals surface area (Å²) in [5.74, 6) is 0.126. The number of ether oxygens (including phenoxy) is 2. The van der Waals surface area contributed by atoms with E-state index in [4.69, 9.17) is 9.47 Å². The Bertz CT molecular complexity index is 575. The fourth-order valence-corrected chi connectivity index (χ4v) is 1.70. The van der Waals surface area contributed by atoms with Crippen molar-refractivity contribution >= 4 is 12.2 Å². The first kappa shape index (κ1) is 18.9. The van der Waals surface area contributed by atoms with E-state index in [9.17, 15) is 18.0 Å².